The number of nitrogens with zero attached hydrogens (tertiary/aromatic N) is 1. The van der Waals surface area contributed by atoms with E-state index >= 15 is 0 Å². The van der Waals surface area contributed by atoms with E-state index in [1.54, 1.807) is 16.7 Å². The third-order valence-corrected chi connectivity index (χ3v) is 6.26. The SMILES string of the molecule is CCC(C(=O)NC(C)C)N(Cc1ccc(C)cc1)C(=O)CCCSc1ccc(Cl)cc1. The molecule has 2 aromatic rings. The summed E-state index contributed by atoms with van der Waals surface area (Å²) in [5, 5.41) is 3.69. The molecule has 0 aliphatic rings. The minimum absolute atomic E-state index is 0.0167. The van der Waals surface area contributed by atoms with Gasteiger partial charge in [-0.15, -0.1) is 11.8 Å². The van der Waals surface area contributed by atoms with Crippen molar-refractivity contribution in [2.45, 2.75) is 70.5 Å². The number of hydrogen-bond donors (Lipinski definition) is 1. The maximum atomic E-state index is 13.2. The predicted octanol–water partition coefficient (Wildman–Crippen LogP) is 5.85. The van der Waals surface area contributed by atoms with Gasteiger partial charge in [0.2, 0.25) is 11.8 Å². The zero-order valence-electron chi connectivity index (χ0n) is 18.9. The first-order chi connectivity index (χ1) is 14.8. The summed E-state index contributed by atoms with van der Waals surface area (Å²) < 4.78 is 0. The highest BCUT2D eigenvalue weighted by molar-refractivity contribution is 7.99. The van der Waals surface area contributed by atoms with E-state index in [0.717, 1.165) is 27.7 Å². The number of aryl methyl sites for hydroxylation is 1. The van der Waals surface area contributed by atoms with E-state index in [2.05, 4.69) is 5.32 Å². The first-order valence-electron chi connectivity index (χ1n) is 10.8. The molecule has 0 aliphatic heterocycles. The highest BCUT2D eigenvalue weighted by atomic mass is 35.5. The van der Waals surface area contributed by atoms with E-state index in [0.29, 0.717) is 19.4 Å². The number of carbonyl (C=O) groups is 2. The summed E-state index contributed by atoms with van der Waals surface area (Å²) in [5.74, 6) is 0.761. The standard InChI is InChI=1S/C25H33ClN2O2S/c1-5-23(25(30)27-18(2)3)28(17-20-10-8-19(4)9-11-20)24(29)7-6-16-31-22-14-12-21(26)13-15-22/h8-15,18,23H,5-7,16-17H2,1-4H3,(H,27,30). The maximum Gasteiger partial charge on any atom is 0.243 e. The molecule has 0 aromatic heterocycles. The molecule has 168 valence electrons. The first kappa shape index (κ1) is 25.3. The molecule has 2 rings (SSSR count). The quantitative estimate of drug-likeness (QED) is 0.338. The summed E-state index contributed by atoms with van der Waals surface area (Å²) >= 11 is 7.64. The van der Waals surface area contributed by atoms with Crippen molar-refractivity contribution in [3.8, 4) is 0 Å². The van der Waals surface area contributed by atoms with Crippen molar-refractivity contribution >= 4 is 35.2 Å². The molecule has 6 heteroatoms. The van der Waals surface area contributed by atoms with Gasteiger partial charge in [-0.2, -0.15) is 0 Å². The fraction of sp³-hybridized carbons (Fsp3) is 0.440. The molecule has 0 bridgehead atoms. The third-order valence-electron chi connectivity index (χ3n) is 4.91. The molecule has 0 spiro atoms. The number of rotatable bonds is 11. The summed E-state index contributed by atoms with van der Waals surface area (Å²) in [6, 6.07) is 15.4. The normalized spacial score (nSPS) is 11.9. The van der Waals surface area contributed by atoms with Gasteiger partial charge in [0.25, 0.3) is 0 Å². The summed E-state index contributed by atoms with van der Waals surface area (Å²) in [4.78, 5) is 28.9. The number of carbonyl (C=O) groups excluding carboxylic acids is 2. The lowest BCUT2D eigenvalue weighted by atomic mass is 10.1. The number of halogens is 1. The molecule has 2 aromatic carbocycles. The molecule has 4 nitrogen and oxygen atoms in total. The van der Waals surface area contributed by atoms with Crippen LogP contribution in [0.15, 0.2) is 53.4 Å². The van der Waals surface area contributed by atoms with Gasteiger partial charge in [0.05, 0.1) is 0 Å². The van der Waals surface area contributed by atoms with E-state index in [1.165, 1.54) is 5.56 Å². The van der Waals surface area contributed by atoms with Crippen LogP contribution in [-0.2, 0) is 16.1 Å². The second kappa shape index (κ2) is 12.8. The van der Waals surface area contributed by atoms with Gasteiger partial charge in [0, 0.05) is 28.9 Å². The summed E-state index contributed by atoms with van der Waals surface area (Å²) in [7, 11) is 0. The molecule has 0 fully saturated rings. The van der Waals surface area contributed by atoms with Crippen molar-refractivity contribution in [1.82, 2.24) is 10.2 Å². The Morgan fingerprint density at radius 3 is 2.29 bits per heavy atom. The van der Waals surface area contributed by atoms with Gasteiger partial charge < -0.3 is 10.2 Å². The fourth-order valence-corrected chi connectivity index (χ4v) is 4.26. The Morgan fingerprint density at radius 2 is 1.71 bits per heavy atom. The number of amides is 2. The Kier molecular flexibility index (Phi) is 10.4. The summed E-state index contributed by atoms with van der Waals surface area (Å²) in [5.41, 5.74) is 2.20. The Hall–Kier alpha value is -1.98. The number of thioether (sulfide) groups is 1. The highest BCUT2D eigenvalue weighted by Crippen LogP contribution is 2.22. The monoisotopic (exact) mass is 460 g/mol. The molecular formula is C25H33ClN2O2S. The summed E-state index contributed by atoms with van der Waals surface area (Å²) in [6.45, 7) is 8.30. The van der Waals surface area contributed by atoms with Gasteiger partial charge in [0.1, 0.15) is 6.04 Å². The van der Waals surface area contributed by atoms with Crippen LogP contribution in [0, 0.1) is 6.92 Å². The minimum Gasteiger partial charge on any atom is -0.352 e. The predicted molar refractivity (Wildman–Crippen MR) is 130 cm³/mol. The number of benzene rings is 2. The lowest BCUT2D eigenvalue weighted by Crippen LogP contribution is -2.50. The highest BCUT2D eigenvalue weighted by Gasteiger charge is 2.28. The van der Waals surface area contributed by atoms with E-state index < -0.39 is 6.04 Å². The van der Waals surface area contributed by atoms with Crippen LogP contribution in [0.1, 0.15) is 51.2 Å². The van der Waals surface area contributed by atoms with Crippen molar-refractivity contribution in [3.63, 3.8) is 0 Å². The van der Waals surface area contributed by atoms with Gasteiger partial charge >= 0.3 is 0 Å². The molecule has 1 unspecified atom stereocenters. The van der Waals surface area contributed by atoms with Crippen LogP contribution in [0.4, 0.5) is 0 Å². The fourth-order valence-electron chi connectivity index (χ4n) is 3.28. The maximum absolute atomic E-state index is 13.2. The largest absolute Gasteiger partial charge is 0.352 e. The molecule has 0 saturated carbocycles. The topological polar surface area (TPSA) is 49.4 Å². The molecule has 0 saturated heterocycles. The Bertz CT molecular complexity index is 838. The van der Waals surface area contributed by atoms with Crippen LogP contribution in [0.2, 0.25) is 5.02 Å². The molecule has 0 heterocycles. The molecule has 2 amide bonds. The van der Waals surface area contributed by atoms with Crippen molar-refractivity contribution in [2.24, 2.45) is 0 Å². The Morgan fingerprint density at radius 1 is 1.06 bits per heavy atom. The van der Waals surface area contributed by atoms with Gasteiger partial charge in [-0.05, 0) is 69.2 Å². The van der Waals surface area contributed by atoms with E-state index in [9.17, 15) is 9.59 Å². The van der Waals surface area contributed by atoms with E-state index in [-0.39, 0.29) is 17.9 Å². The second-order valence-corrected chi connectivity index (χ2v) is 9.61. The van der Waals surface area contributed by atoms with Crippen LogP contribution >= 0.6 is 23.4 Å². The van der Waals surface area contributed by atoms with Crippen molar-refractivity contribution < 1.29 is 9.59 Å². The third kappa shape index (κ3) is 8.58. The zero-order chi connectivity index (χ0) is 22.8. The number of hydrogen-bond acceptors (Lipinski definition) is 3. The van der Waals surface area contributed by atoms with Crippen molar-refractivity contribution in [2.75, 3.05) is 5.75 Å². The van der Waals surface area contributed by atoms with Crippen LogP contribution in [0.5, 0.6) is 0 Å². The van der Waals surface area contributed by atoms with E-state index in [1.807, 2.05) is 76.2 Å². The average molecular weight is 461 g/mol. The Labute approximate surface area is 195 Å². The second-order valence-electron chi connectivity index (χ2n) is 8.00. The van der Waals surface area contributed by atoms with Crippen molar-refractivity contribution in [3.05, 3.63) is 64.7 Å². The van der Waals surface area contributed by atoms with Crippen LogP contribution in [0.25, 0.3) is 0 Å². The molecular weight excluding hydrogens is 428 g/mol. The number of nitrogens with one attached hydrogen (secondary N) is 1. The lowest BCUT2D eigenvalue weighted by molar-refractivity contribution is -0.141. The van der Waals surface area contributed by atoms with Crippen LogP contribution < -0.4 is 5.32 Å². The van der Waals surface area contributed by atoms with Crippen molar-refractivity contribution in [1.29, 1.82) is 0 Å². The smallest absolute Gasteiger partial charge is 0.243 e. The molecule has 0 radical (unpaired) electrons. The molecule has 1 atom stereocenters. The van der Waals surface area contributed by atoms with E-state index in [4.69, 9.17) is 11.6 Å². The van der Waals surface area contributed by atoms with Crippen LogP contribution in [0.3, 0.4) is 0 Å². The molecule has 31 heavy (non-hydrogen) atoms. The first-order valence-corrected chi connectivity index (χ1v) is 12.2. The lowest BCUT2D eigenvalue weighted by Gasteiger charge is -2.31. The molecule has 1 N–H and O–H groups in total. The van der Waals surface area contributed by atoms with Gasteiger partial charge in [-0.25, -0.2) is 0 Å². The molecule has 0 aliphatic carbocycles. The average Bonchev–Trinajstić information content (AvgIpc) is 2.73. The van der Waals surface area contributed by atoms with Gasteiger partial charge in [0.15, 0.2) is 0 Å². The minimum atomic E-state index is -0.472. The Balaban J connectivity index is 2.04. The van der Waals surface area contributed by atoms with Gasteiger partial charge in [-0.3, -0.25) is 9.59 Å². The summed E-state index contributed by atoms with van der Waals surface area (Å²) in [6.07, 6.45) is 1.74. The van der Waals surface area contributed by atoms with Crippen LogP contribution in [-0.4, -0.2) is 34.6 Å². The van der Waals surface area contributed by atoms with Gasteiger partial charge in [-0.1, -0.05) is 48.4 Å². The zero-order valence-corrected chi connectivity index (χ0v) is 20.4.